The molecule has 0 radical (unpaired) electrons. The minimum absolute atomic E-state index is 0.700. The van der Waals surface area contributed by atoms with Gasteiger partial charge in [-0.15, -0.1) is 0 Å². The first-order valence-corrected chi connectivity index (χ1v) is 11.6. The average Bonchev–Trinajstić information content (AvgIpc) is 3.28. The van der Waals surface area contributed by atoms with Gasteiger partial charge < -0.3 is 14.0 Å². The molecule has 5 aromatic rings. The Balaban J connectivity index is 1.33. The molecule has 0 spiro atoms. The lowest BCUT2D eigenvalue weighted by Crippen LogP contribution is -1.99. The van der Waals surface area contributed by atoms with Crippen molar-refractivity contribution in [3.63, 3.8) is 0 Å². The molecule has 5 heteroatoms. The van der Waals surface area contributed by atoms with Gasteiger partial charge in [0, 0.05) is 7.05 Å². The Kier molecular flexibility index (Phi) is 7.00. The Morgan fingerprint density at radius 3 is 1.33 bits per heavy atom. The van der Waals surface area contributed by atoms with E-state index < -0.39 is 0 Å². The molecule has 176 valence electrons. The molecule has 36 heavy (non-hydrogen) atoms. The van der Waals surface area contributed by atoms with E-state index in [4.69, 9.17) is 19.5 Å². The van der Waals surface area contributed by atoms with Crippen molar-refractivity contribution in [2.75, 3.05) is 0 Å². The minimum atomic E-state index is 0.700. The molecule has 0 aliphatic heterocycles. The maximum absolute atomic E-state index is 6.02. The van der Waals surface area contributed by atoms with Gasteiger partial charge in [0.1, 0.15) is 22.9 Å². The van der Waals surface area contributed by atoms with Crippen LogP contribution >= 0.6 is 0 Å². The number of hydrogen-bond donors (Lipinski definition) is 0. The molecule has 0 bridgehead atoms. The summed E-state index contributed by atoms with van der Waals surface area (Å²) in [5.41, 5.74) is 3.40. The van der Waals surface area contributed by atoms with E-state index in [2.05, 4.69) is 0 Å². The lowest BCUT2D eigenvalue weighted by atomic mass is 10.3. The molecule has 0 aliphatic rings. The Hall–Kier alpha value is -4.90. The number of para-hydroxylation sites is 6. The number of rotatable bonds is 8. The first kappa shape index (κ1) is 22.9. The molecule has 1 heterocycles. The summed E-state index contributed by atoms with van der Waals surface area (Å²) in [6, 6.07) is 38.9. The first-order chi connectivity index (χ1) is 17.8. The summed E-state index contributed by atoms with van der Waals surface area (Å²) in [7, 11) is 1.99. The Morgan fingerprint density at radius 1 is 0.500 bits per heavy atom. The fraction of sp³-hybridized carbons (Fsp3) is 0.0323. The van der Waals surface area contributed by atoms with Gasteiger partial charge in [-0.3, -0.25) is 9.98 Å². The van der Waals surface area contributed by atoms with Gasteiger partial charge in [-0.2, -0.15) is 0 Å². The molecule has 5 nitrogen and oxygen atoms in total. The first-order valence-electron chi connectivity index (χ1n) is 11.6. The standard InChI is InChI=1S/C31H25N3O2/c1-34-24(22-32-28-16-8-10-18-30(28)35-26-12-4-2-5-13-26)20-21-25(34)23-33-29-17-9-11-19-31(29)36-27-14-6-3-7-15-27/h2-23H,1H3. The highest BCUT2D eigenvalue weighted by molar-refractivity contribution is 5.86. The third-order valence-electron chi connectivity index (χ3n) is 5.54. The quantitative estimate of drug-likeness (QED) is 0.215. The Labute approximate surface area is 210 Å². The lowest BCUT2D eigenvalue weighted by Gasteiger charge is -2.08. The largest absolute Gasteiger partial charge is 0.455 e. The summed E-state index contributed by atoms with van der Waals surface area (Å²) in [6.07, 6.45) is 3.66. The fourth-order valence-electron chi connectivity index (χ4n) is 3.61. The van der Waals surface area contributed by atoms with Gasteiger partial charge in [-0.25, -0.2) is 0 Å². The molecule has 0 saturated carbocycles. The van der Waals surface area contributed by atoms with Crippen LogP contribution in [0.2, 0.25) is 0 Å². The van der Waals surface area contributed by atoms with Crippen LogP contribution in [-0.2, 0) is 7.05 Å². The number of ether oxygens (including phenoxy) is 2. The molecule has 0 saturated heterocycles. The third-order valence-corrected chi connectivity index (χ3v) is 5.54. The molecule has 0 amide bonds. The van der Waals surface area contributed by atoms with E-state index in [0.29, 0.717) is 11.5 Å². The predicted molar refractivity (Wildman–Crippen MR) is 146 cm³/mol. The Morgan fingerprint density at radius 2 is 0.889 bits per heavy atom. The van der Waals surface area contributed by atoms with Crippen molar-refractivity contribution in [2.24, 2.45) is 17.0 Å². The van der Waals surface area contributed by atoms with Gasteiger partial charge in [0.25, 0.3) is 0 Å². The molecule has 0 fully saturated rings. The zero-order chi connectivity index (χ0) is 24.6. The van der Waals surface area contributed by atoms with Crippen molar-refractivity contribution in [2.45, 2.75) is 0 Å². The average molecular weight is 472 g/mol. The number of aromatic nitrogens is 1. The van der Waals surface area contributed by atoms with Gasteiger partial charge in [0.05, 0.1) is 23.8 Å². The van der Waals surface area contributed by atoms with Gasteiger partial charge in [-0.1, -0.05) is 60.7 Å². The summed E-state index contributed by atoms with van der Waals surface area (Å²) in [4.78, 5) is 9.38. The SMILES string of the molecule is Cn1c(C=Nc2ccccc2Oc2ccccc2)ccc1C=Nc1ccccc1Oc1ccccc1. The smallest absolute Gasteiger partial charge is 0.153 e. The highest BCUT2D eigenvalue weighted by atomic mass is 16.5. The van der Waals surface area contributed by atoms with Crippen LogP contribution in [0.15, 0.2) is 131 Å². The van der Waals surface area contributed by atoms with Crippen molar-refractivity contribution in [1.29, 1.82) is 0 Å². The summed E-state index contributed by atoms with van der Waals surface area (Å²) in [5.74, 6) is 2.94. The van der Waals surface area contributed by atoms with Crippen molar-refractivity contribution >= 4 is 23.8 Å². The molecular weight excluding hydrogens is 446 g/mol. The summed E-state index contributed by atoms with van der Waals surface area (Å²) in [5, 5.41) is 0. The van der Waals surface area contributed by atoms with Crippen LogP contribution < -0.4 is 9.47 Å². The minimum Gasteiger partial charge on any atom is -0.455 e. The van der Waals surface area contributed by atoms with Crippen molar-refractivity contribution in [3.05, 3.63) is 133 Å². The van der Waals surface area contributed by atoms with Gasteiger partial charge >= 0.3 is 0 Å². The molecule has 5 rings (SSSR count). The topological polar surface area (TPSA) is 48.1 Å². The van der Waals surface area contributed by atoms with Crippen molar-refractivity contribution in [3.8, 4) is 23.0 Å². The second-order valence-corrected chi connectivity index (χ2v) is 8.02. The summed E-state index contributed by atoms with van der Waals surface area (Å²) in [6.45, 7) is 0. The van der Waals surface area contributed by atoms with Crippen LogP contribution in [0.1, 0.15) is 11.4 Å². The van der Waals surface area contributed by atoms with Gasteiger partial charge in [-0.05, 0) is 60.7 Å². The second-order valence-electron chi connectivity index (χ2n) is 8.02. The van der Waals surface area contributed by atoms with E-state index >= 15 is 0 Å². The monoisotopic (exact) mass is 471 g/mol. The van der Waals surface area contributed by atoms with E-state index in [1.54, 1.807) is 0 Å². The predicted octanol–water partition coefficient (Wildman–Crippen LogP) is 8.11. The zero-order valence-corrected chi connectivity index (χ0v) is 19.9. The van der Waals surface area contributed by atoms with Crippen LogP contribution in [0.5, 0.6) is 23.0 Å². The second kappa shape index (κ2) is 11.0. The van der Waals surface area contributed by atoms with E-state index in [1.807, 2.05) is 145 Å². The number of hydrogen-bond acceptors (Lipinski definition) is 4. The van der Waals surface area contributed by atoms with Gasteiger partial charge in [0.2, 0.25) is 0 Å². The van der Waals surface area contributed by atoms with Crippen LogP contribution in [-0.4, -0.2) is 17.0 Å². The third kappa shape index (κ3) is 5.59. The van der Waals surface area contributed by atoms with E-state index in [1.165, 1.54) is 0 Å². The maximum Gasteiger partial charge on any atom is 0.153 e. The Bertz CT molecular complexity index is 1380. The van der Waals surface area contributed by atoms with Crippen LogP contribution in [0, 0.1) is 0 Å². The molecule has 0 unspecified atom stereocenters. The van der Waals surface area contributed by atoms with Crippen molar-refractivity contribution < 1.29 is 9.47 Å². The van der Waals surface area contributed by atoms with Crippen LogP contribution in [0.3, 0.4) is 0 Å². The number of nitrogens with zero attached hydrogens (tertiary/aromatic N) is 3. The van der Waals surface area contributed by atoms with Gasteiger partial charge in [0.15, 0.2) is 11.5 Å². The van der Waals surface area contributed by atoms with Crippen LogP contribution in [0.4, 0.5) is 11.4 Å². The maximum atomic E-state index is 6.02. The van der Waals surface area contributed by atoms with E-state index in [-0.39, 0.29) is 0 Å². The molecule has 0 N–H and O–H groups in total. The zero-order valence-electron chi connectivity index (χ0n) is 19.9. The lowest BCUT2D eigenvalue weighted by molar-refractivity contribution is 0.484. The summed E-state index contributed by atoms with van der Waals surface area (Å²) >= 11 is 0. The molecule has 0 atom stereocenters. The fourth-order valence-corrected chi connectivity index (χ4v) is 3.61. The van der Waals surface area contributed by atoms with Crippen molar-refractivity contribution in [1.82, 2.24) is 4.57 Å². The molecule has 4 aromatic carbocycles. The highest BCUT2D eigenvalue weighted by Crippen LogP contribution is 2.32. The number of aliphatic imine (C=N–C) groups is 2. The molecular formula is C31H25N3O2. The van der Waals surface area contributed by atoms with E-state index in [9.17, 15) is 0 Å². The van der Waals surface area contributed by atoms with E-state index in [0.717, 1.165) is 34.3 Å². The highest BCUT2D eigenvalue weighted by Gasteiger charge is 2.06. The molecule has 0 aliphatic carbocycles. The molecule has 1 aromatic heterocycles. The van der Waals surface area contributed by atoms with Crippen LogP contribution in [0.25, 0.3) is 0 Å². The normalized spacial score (nSPS) is 11.2. The summed E-state index contributed by atoms with van der Waals surface area (Å²) < 4.78 is 14.1. The number of benzene rings is 4.